The van der Waals surface area contributed by atoms with E-state index < -0.39 is 18.0 Å². The Morgan fingerprint density at radius 1 is 1.30 bits per heavy atom. The SMILES string of the molecule is C[N+](C)(C)C[C@H](O)CC(=O)O.O=C(O)c1cccnc1. The summed E-state index contributed by atoms with van der Waals surface area (Å²) < 4.78 is 0.578. The molecule has 0 aromatic carbocycles. The molecule has 0 amide bonds. The molecule has 0 saturated heterocycles. The number of nitrogens with zero attached hydrogens (tertiary/aromatic N) is 2. The van der Waals surface area contributed by atoms with Crippen LogP contribution < -0.4 is 0 Å². The van der Waals surface area contributed by atoms with Crippen LogP contribution in [0.1, 0.15) is 16.8 Å². The third kappa shape index (κ3) is 9.98. The zero-order valence-corrected chi connectivity index (χ0v) is 11.9. The number of aromatic nitrogens is 1. The summed E-state index contributed by atoms with van der Waals surface area (Å²) in [6.07, 6.45) is 1.93. The molecule has 0 fully saturated rings. The second-order valence-electron chi connectivity index (χ2n) is 5.27. The van der Waals surface area contributed by atoms with E-state index >= 15 is 0 Å². The van der Waals surface area contributed by atoms with Gasteiger partial charge in [0.15, 0.2) is 0 Å². The highest BCUT2D eigenvalue weighted by Crippen LogP contribution is 1.98. The highest BCUT2D eigenvalue weighted by Gasteiger charge is 2.17. The van der Waals surface area contributed by atoms with Crippen molar-refractivity contribution in [1.82, 2.24) is 4.98 Å². The average molecular weight is 285 g/mol. The van der Waals surface area contributed by atoms with Crippen LogP contribution in [-0.2, 0) is 4.79 Å². The van der Waals surface area contributed by atoms with Crippen molar-refractivity contribution in [2.75, 3.05) is 27.7 Å². The first-order valence-corrected chi connectivity index (χ1v) is 5.95. The summed E-state index contributed by atoms with van der Waals surface area (Å²) >= 11 is 0. The van der Waals surface area contributed by atoms with Crippen LogP contribution in [0.5, 0.6) is 0 Å². The molecule has 0 radical (unpaired) electrons. The number of carboxylic acid groups (broad SMARTS) is 2. The molecule has 7 heteroatoms. The van der Waals surface area contributed by atoms with Crippen LogP contribution >= 0.6 is 0 Å². The third-order valence-corrected chi connectivity index (χ3v) is 2.08. The van der Waals surface area contributed by atoms with Gasteiger partial charge in [-0.05, 0) is 12.1 Å². The number of hydrogen-bond donors (Lipinski definition) is 3. The topological polar surface area (TPSA) is 108 Å². The molecular formula is C13H21N2O5+. The standard InChI is InChI=1S/C7H15NO3.C6H5NO2/c1-8(2,3)5-6(9)4-7(10)11;8-6(9)5-2-1-3-7-4-5/h6,9H,4-5H2,1-3H3;1-4H,(H,8,9)/p+1/t6-;/m1./s1. The fraction of sp³-hybridized carbons (Fsp3) is 0.462. The number of aromatic carboxylic acids is 1. The predicted molar refractivity (Wildman–Crippen MR) is 72.4 cm³/mol. The Balaban J connectivity index is 0.000000367. The summed E-state index contributed by atoms with van der Waals surface area (Å²) in [6.45, 7) is 0.465. The van der Waals surface area contributed by atoms with Gasteiger partial charge in [0.1, 0.15) is 12.6 Å². The summed E-state index contributed by atoms with van der Waals surface area (Å²) in [5.74, 6) is -1.89. The first-order chi connectivity index (χ1) is 9.11. The maximum absolute atomic E-state index is 10.2. The maximum Gasteiger partial charge on any atom is 0.337 e. The van der Waals surface area contributed by atoms with Gasteiger partial charge in [-0.1, -0.05) is 0 Å². The molecule has 1 atom stereocenters. The molecule has 7 nitrogen and oxygen atoms in total. The number of carboxylic acids is 2. The number of likely N-dealkylation sites (N-methyl/N-ethyl adjacent to an activating group) is 1. The Morgan fingerprint density at radius 3 is 2.20 bits per heavy atom. The molecule has 0 aliphatic rings. The highest BCUT2D eigenvalue weighted by atomic mass is 16.4. The van der Waals surface area contributed by atoms with Crippen molar-refractivity contribution in [1.29, 1.82) is 0 Å². The largest absolute Gasteiger partial charge is 0.481 e. The van der Waals surface area contributed by atoms with Crippen molar-refractivity contribution in [3.63, 3.8) is 0 Å². The summed E-state index contributed by atoms with van der Waals surface area (Å²) in [4.78, 5) is 23.9. The van der Waals surface area contributed by atoms with Gasteiger partial charge in [0, 0.05) is 12.4 Å². The lowest BCUT2D eigenvalue weighted by atomic mass is 10.2. The number of rotatable bonds is 5. The van der Waals surface area contributed by atoms with E-state index in [0.29, 0.717) is 11.0 Å². The summed E-state index contributed by atoms with van der Waals surface area (Å²) in [5, 5.41) is 25.8. The van der Waals surface area contributed by atoms with Crippen molar-refractivity contribution >= 4 is 11.9 Å². The number of aliphatic carboxylic acids is 1. The van der Waals surface area contributed by atoms with Gasteiger partial charge in [-0.3, -0.25) is 9.78 Å². The molecule has 1 aromatic heterocycles. The van der Waals surface area contributed by atoms with Crippen molar-refractivity contribution in [2.24, 2.45) is 0 Å². The maximum atomic E-state index is 10.2. The second-order valence-corrected chi connectivity index (χ2v) is 5.27. The zero-order valence-electron chi connectivity index (χ0n) is 11.9. The van der Waals surface area contributed by atoms with Gasteiger partial charge in [-0.2, -0.15) is 0 Å². The molecule has 0 spiro atoms. The molecule has 3 N–H and O–H groups in total. The molecule has 20 heavy (non-hydrogen) atoms. The van der Waals surface area contributed by atoms with Crippen LogP contribution in [0.15, 0.2) is 24.5 Å². The van der Waals surface area contributed by atoms with E-state index in [9.17, 15) is 9.59 Å². The molecule has 0 aliphatic heterocycles. The lowest BCUT2D eigenvalue weighted by molar-refractivity contribution is -0.873. The molecule has 0 bridgehead atoms. The summed E-state index contributed by atoms with van der Waals surface area (Å²) in [7, 11) is 5.72. The van der Waals surface area contributed by atoms with Crippen molar-refractivity contribution in [3.8, 4) is 0 Å². The van der Waals surface area contributed by atoms with E-state index in [0.717, 1.165) is 0 Å². The van der Waals surface area contributed by atoms with Crippen LogP contribution in [0.4, 0.5) is 0 Å². The molecule has 0 unspecified atom stereocenters. The van der Waals surface area contributed by atoms with Crippen LogP contribution in [0, 0.1) is 0 Å². The van der Waals surface area contributed by atoms with E-state index in [1.165, 1.54) is 18.5 Å². The number of carbonyl (C=O) groups is 2. The summed E-state index contributed by atoms with van der Waals surface area (Å²) in [5.41, 5.74) is 0.220. The van der Waals surface area contributed by atoms with Gasteiger partial charge < -0.3 is 19.8 Å². The van der Waals surface area contributed by atoms with E-state index in [4.69, 9.17) is 15.3 Å². The van der Waals surface area contributed by atoms with Crippen molar-refractivity contribution < 1.29 is 29.4 Å². The zero-order chi connectivity index (χ0) is 15.8. The van der Waals surface area contributed by atoms with Gasteiger partial charge in [-0.25, -0.2) is 4.79 Å². The third-order valence-electron chi connectivity index (χ3n) is 2.08. The fourth-order valence-corrected chi connectivity index (χ4v) is 1.39. The van der Waals surface area contributed by atoms with E-state index in [-0.39, 0.29) is 12.0 Å². The Kier molecular flexibility index (Phi) is 7.42. The smallest absolute Gasteiger partial charge is 0.337 e. The molecule has 1 aromatic rings. The van der Waals surface area contributed by atoms with Gasteiger partial charge >= 0.3 is 11.9 Å². The Morgan fingerprint density at radius 2 is 1.90 bits per heavy atom. The number of quaternary nitrogens is 1. The predicted octanol–water partition coefficient (Wildman–Crippen LogP) is 0.308. The normalized spacial score (nSPS) is 12.0. The molecule has 1 heterocycles. The van der Waals surface area contributed by atoms with E-state index in [1.807, 2.05) is 21.1 Å². The lowest BCUT2D eigenvalue weighted by Crippen LogP contribution is -2.42. The highest BCUT2D eigenvalue weighted by molar-refractivity contribution is 5.86. The number of pyridine rings is 1. The number of aliphatic hydroxyl groups excluding tert-OH is 1. The minimum absolute atomic E-state index is 0.171. The van der Waals surface area contributed by atoms with Gasteiger partial charge in [-0.15, -0.1) is 0 Å². The van der Waals surface area contributed by atoms with Crippen LogP contribution in [0.2, 0.25) is 0 Å². The van der Waals surface area contributed by atoms with Gasteiger partial charge in [0.25, 0.3) is 0 Å². The first kappa shape index (κ1) is 18.0. The van der Waals surface area contributed by atoms with Crippen molar-refractivity contribution in [2.45, 2.75) is 12.5 Å². The molecule has 112 valence electrons. The Bertz CT molecular complexity index is 428. The van der Waals surface area contributed by atoms with Crippen LogP contribution in [0.3, 0.4) is 0 Å². The Labute approximate surface area is 117 Å². The second kappa shape index (κ2) is 8.23. The van der Waals surface area contributed by atoms with Crippen molar-refractivity contribution in [3.05, 3.63) is 30.1 Å². The molecule has 0 aliphatic carbocycles. The summed E-state index contributed by atoms with van der Waals surface area (Å²) in [6, 6.07) is 3.08. The fourth-order valence-electron chi connectivity index (χ4n) is 1.39. The molecule has 0 saturated carbocycles. The molecule has 1 rings (SSSR count). The minimum atomic E-state index is -0.953. The van der Waals surface area contributed by atoms with E-state index in [2.05, 4.69) is 4.98 Å². The van der Waals surface area contributed by atoms with Gasteiger partial charge in [0.2, 0.25) is 0 Å². The monoisotopic (exact) mass is 285 g/mol. The van der Waals surface area contributed by atoms with Crippen LogP contribution in [-0.4, -0.2) is 70.5 Å². The van der Waals surface area contributed by atoms with Gasteiger partial charge in [0.05, 0.1) is 33.1 Å². The Hall–Kier alpha value is -1.99. The minimum Gasteiger partial charge on any atom is -0.481 e. The number of hydrogen-bond acceptors (Lipinski definition) is 4. The van der Waals surface area contributed by atoms with E-state index in [1.54, 1.807) is 6.07 Å². The molecular weight excluding hydrogens is 264 g/mol. The quantitative estimate of drug-likeness (QED) is 0.672. The number of aliphatic hydroxyl groups is 1. The van der Waals surface area contributed by atoms with Crippen LogP contribution in [0.25, 0.3) is 0 Å². The first-order valence-electron chi connectivity index (χ1n) is 5.95. The average Bonchev–Trinajstić information content (AvgIpc) is 2.27. The lowest BCUT2D eigenvalue weighted by Gasteiger charge is -2.25.